The molecule has 1 aliphatic heterocycles. The average Bonchev–Trinajstić information content (AvgIpc) is 2.38. The Morgan fingerprint density at radius 2 is 1.63 bits per heavy atom. The van der Waals surface area contributed by atoms with Crippen molar-refractivity contribution in [1.29, 1.82) is 0 Å². The molecule has 0 radical (unpaired) electrons. The standard InChI is InChI=1S/C14H28O5/c1-4-9(6-5-8(2)3)14-13(18)12(17)11(16)10(7-15)19-14/h8-18H,4-7H2,1-3H3/t9?,10-,11-,12+,13+,14-/m1/s1. The Morgan fingerprint density at radius 3 is 2.11 bits per heavy atom. The van der Waals surface area contributed by atoms with Crippen LogP contribution in [0.4, 0.5) is 0 Å². The Labute approximate surface area is 115 Å². The van der Waals surface area contributed by atoms with Gasteiger partial charge in [-0.2, -0.15) is 0 Å². The molecular formula is C14H28O5. The maximum absolute atomic E-state index is 10.1. The third-order valence-electron chi connectivity index (χ3n) is 4.03. The average molecular weight is 276 g/mol. The van der Waals surface area contributed by atoms with Crippen molar-refractivity contribution in [3.63, 3.8) is 0 Å². The Balaban J connectivity index is 2.72. The molecule has 6 atom stereocenters. The number of aliphatic hydroxyl groups is 4. The molecule has 19 heavy (non-hydrogen) atoms. The van der Waals surface area contributed by atoms with Crippen LogP contribution in [0.15, 0.2) is 0 Å². The molecule has 4 N–H and O–H groups in total. The minimum Gasteiger partial charge on any atom is -0.394 e. The van der Waals surface area contributed by atoms with Gasteiger partial charge in [-0.05, 0) is 18.3 Å². The zero-order chi connectivity index (χ0) is 14.6. The highest BCUT2D eigenvalue weighted by molar-refractivity contribution is 4.94. The van der Waals surface area contributed by atoms with E-state index in [2.05, 4.69) is 13.8 Å². The SMILES string of the molecule is CCC(CCC(C)C)[C@H]1O[C@H](CO)[C@@H](O)[C@H](O)[C@@H]1O. The molecule has 1 aliphatic rings. The lowest BCUT2D eigenvalue weighted by Crippen LogP contribution is -2.60. The van der Waals surface area contributed by atoms with Crippen molar-refractivity contribution in [3.8, 4) is 0 Å². The quantitative estimate of drug-likeness (QED) is 0.560. The van der Waals surface area contributed by atoms with E-state index in [9.17, 15) is 20.4 Å². The van der Waals surface area contributed by atoms with E-state index in [1.165, 1.54) is 0 Å². The van der Waals surface area contributed by atoms with Crippen LogP contribution in [-0.2, 0) is 4.74 Å². The first kappa shape index (κ1) is 16.9. The molecule has 0 bridgehead atoms. The van der Waals surface area contributed by atoms with E-state index < -0.39 is 30.5 Å². The second-order valence-electron chi connectivity index (χ2n) is 5.93. The van der Waals surface area contributed by atoms with Gasteiger partial charge in [0.2, 0.25) is 0 Å². The van der Waals surface area contributed by atoms with Gasteiger partial charge in [-0.15, -0.1) is 0 Å². The van der Waals surface area contributed by atoms with E-state index in [1.807, 2.05) is 6.92 Å². The van der Waals surface area contributed by atoms with E-state index in [-0.39, 0.29) is 12.5 Å². The second kappa shape index (κ2) is 7.55. The molecule has 1 saturated heterocycles. The highest BCUT2D eigenvalue weighted by Crippen LogP contribution is 2.30. The van der Waals surface area contributed by atoms with E-state index in [4.69, 9.17) is 4.74 Å². The molecule has 0 aliphatic carbocycles. The monoisotopic (exact) mass is 276 g/mol. The zero-order valence-corrected chi connectivity index (χ0v) is 12.1. The van der Waals surface area contributed by atoms with Crippen molar-refractivity contribution < 1.29 is 25.2 Å². The minimum absolute atomic E-state index is 0.119. The fraction of sp³-hybridized carbons (Fsp3) is 1.00. The van der Waals surface area contributed by atoms with Crippen LogP contribution in [0.25, 0.3) is 0 Å². The predicted molar refractivity (Wildman–Crippen MR) is 71.6 cm³/mol. The van der Waals surface area contributed by atoms with Crippen molar-refractivity contribution in [2.24, 2.45) is 11.8 Å². The van der Waals surface area contributed by atoms with Crippen LogP contribution in [-0.4, -0.2) is 57.6 Å². The molecular weight excluding hydrogens is 248 g/mol. The summed E-state index contributed by atoms with van der Waals surface area (Å²) in [7, 11) is 0. The summed E-state index contributed by atoms with van der Waals surface area (Å²) in [5.41, 5.74) is 0. The molecule has 0 spiro atoms. The molecule has 1 rings (SSSR count). The van der Waals surface area contributed by atoms with Crippen LogP contribution >= 0.6 is 0 Å². The van der Waals surface area contributed by atoms with Crippen molar-refractivity contribution in [3.05, 3.63) is 0 Å². The summed E-state index contributed by atoms with van der Waals surface area (Å²) in [6.45, 7) is 5.94. The summed E-state index contributed by atoms with van der Waals surface area (Å²) >= 11 is 0. The largest absolute Gasteiger partial charge is 0.394 e. The number of aliphatic hydroxyl groups excluding tert-OH is 4. The highest BCUT2D eigenvalue weighted by atomic mass is 16.5. The summed E-state index contributed by atoms with van der Waals surface area (Å²) in [5.74, 6) is 0.688. The van der Waals surface area contributed by atoms with Crippen molar-refractivity contribution in [1.82, 2.24) is 0 Å². The number of hydrogen-bond donors (Lipinski definition) is 4. The first-order chi connectivity index (χ1) is 8.92. The molecule has 1 heterocycles. The first-order valence-electron chi connectivity index (χ1n) is 7.22. The minimum atomic E-state index is -1.26. The summed E-state index contributed by atoms with van der Waals surface area (Å²) in [5, 5.41) is 38.8. The van der Waals surface area contributed by atoms with Crippen molar-refractivity contribution >= 4 is 0 Å². The summed E-state index contributed by atoms with van der Waals surface area (Å²) in [4.78, 5) is 0. The van der Waals surface area contributed by atoms with Gasteiger partial charge in [0.05, 0.1) is 12.7 Å². The van der Waals surface area contributed by atoms with Gasteiger partial charge in [-0.25, -0.2) is 0 Å². The number of hydrogen-bond acceptors (Lipinski definition) is 5. The number of rotatable bonds is 6. The molecule has 5 nitrogen and oxygen atoms in total. The Kier molecular flexibility index (Phi) is 6.69. The van der Waals surface area contributed by atoms with E-state index in [0.717, 1.165) is 19.3 Å². The smallest absolute Gasteiger partial charge is 0.111 e. The van der Waals surface area contributed by atoms with Gasteiger partial charge >= 0.3 is 0 Å². The Bertz CT molecular complexity index is 256. The molecule has 0 aromatic rings. The van der Waals surface area contributed by atoms with Crippen molar-refractivity contribution in [2.75, 3.05) is 6.61 Å². The maximum atomic E-state index is 10.1. The number of ether oxygens (including phenoxy) is 1. The van der Waals surface area contributed by atoms with Gasteiger partial charge in [0.15, 0.2) is 0 Å². The maximum Gasteiger partial charge on any atom is 0.111 e. The molecule has 0 amide bonds. The summed E-state index contributed by atoms with van der Waals surface area (Å²) in [6, 6.07) is 0. The van der Waals surface area contributed by atoms with Crippen LogP contribution in [0.3, 0.4) is 0 Å². The Morgan fingerprint density at radius 1 is 1.00 bits per heavy atom. The van der Waals surface area contributed by atoms with Crippen LogP contribution in [0.1, 0.15) is 40.0 Å². The van der Waals surface area contributed by atoms with Crippen LogP contribution in [0.5, 0.6) is 0 Å². The fourth-order valence-corrected chi connectivity index (χ4v) is 2.67. The van der Waals surface area contributed by atoms with Crippen LogP contribution in [0, 0.1) is 11.8 Å². The summed E-state index contributed by atoms with van der Waals surface area (Å²) in [6.07, 6.45) is -2.20. The summed E-state index contributed by atoms with van der Waals surface area (Å²) < 4.78 is 5.61. The lowest BCUT2D eigenvalue weighted by Gasteiger charge is -2.43. The molecule has 0 aromatic carbocycles. The topological polar surface area (TPSA) is 90.2 Å². The fourth-order valence-electron chi connectivity index (χ4n) is 2.67. The third kappa shape index (κ3) is 4.13. The molecule has 1 unspecified atom stereocenters. The van der Waals surface area contributed by atoms with Crippen LogP contribution in [0.2, 0.25) is 0 Å². The van der Waals surface area contributed by atoms with Gasteiger partial charge in [-0.3, -0.25) is 0 Å². The molecule has 0 aromatic heterocycles. The molecule has 1 fully saturated rings. The van der Waals surface area contributed by atoms with Gasteiger partial charge in [0.25, 0.3) is 0 Å². The van der Waals surface area contributed by atoms with Gasteiger partial charge in [0.1, 0.15) is 24.4 Å². The van der Waals surface area contributed by atoms with E-state index in [0.29, 0.717) is 5.92 Å². The van der Waals surface area contributed by atoms with Gasteiger partial charge in [0, 0.05) is 0 Å². The van der Waals surface area contributed by atoms with Crippen LogP contribution < -0.4 is 0 Å². The van der Waals surface area contributed by atoms with E-state index >= 15 is 0 Å². The second-order valence-corrected chi connectivity index (χ2v) is 5.93. The lowest BCUT2D eigenvalue weighted by molar-refractivity contribution is -0.242. The van der Waals surface area contributed by atoms with Gasteiger partial charge < -0.3 is 25.2 Å². The van der Waals surface area contributed by atoms with E-state index in [1.54, 1.807) is 0 Å². The zero-order valence-electron chi connectivity index (χ0n) is 12.1. The van der Waals surface area contributed by atoms with Crippen molar-refractivity contribution in [2.45, 2.75) is 70.6 Å². The Hall–Kier alpha value is -0.200. The molecule has 0 saturated carbocycles. The third-order valence-corrected chi connectivity index (χ3v) is 4.03. The lowest BCUT2D eigenvalue weighted by atomic mass is 9.83. The molecule has 5 heteroatoms. The molecule has 114 valence electrons. The van der Waals surface area contributed by atoms with Gasteiger partial charge in [-0.1, -0.05) is 33.6 Å². The predicted octanol–water partition coefficient (Wildman–Crippen LogP) is 0.291. The highest BCUT2D eigenvalue weighted by Gasteiger charge is 2.45. The normalized spacial score (nSPS) is 37.6. The first-order valence-corrected chi connectivity index (χ1v) is 7.22.